The van der Waals surface area contributed by atoms with Gasteiger partial charge in [0.2, 0.25) is 0 Å². The topological polar surface area (TPSA) is 84.2 Å². The molecule has 0 saturated carbocycles. The second kappa shape index (κ2) is 3.15. The number of aromatic amines is 2. The average molecular weight is 184 g/mol. The number of hydrogen-bond acceptors (Lipinski definition) is 4. The summed E-state index contributed by atoms with van der Waals surface area (Å²) in [6, 6.07) is 0. The molecule has 1 saturated heterocycles. The lowest BCUT2D eigenvalue weighted by Gasteiger charge is -2.04. The molecule has 70 valence electrons. The van der Waals surface area contributed by atoms with E-state index in [0.29, 0.717) is 12.2 Å². The van der Waals surface area contributed by atoms with Gasteiger partial charge in [-0.1, -0.05) is 0 Å². The fourth-order valence-electron chi connectivity index (χ4n) is 1.17. The Bertz CT molecular complexity index is 401. The van der Waals surface area contributed by atoms with E-state index in [1.807, 2.05) is 0 Å². The molecule has 1 aromatic rings. The van der Waals surface area contributed by atoms with Gasteiger partial charge >= 0.3 is 5.69 Å². The Labute approximate surface area is 72.5 Å². The van der Waals surface area contributed by atoms with E-state index in [2.05, 4.69) is 9.97 Å². The van der Waals surface area contributed by atoms with E-state index in [0.717, 1.165) is 0 Å². The van der Waals surface area contributed by atoms with Gasteiger partial charge in [0.05, 0.1) is 12.2 Å². The highest BCUT2D eigenvalue weighted by Crippen LogP contribution is 2.17. The zero-order chi connectivity index (χ0) is 9.26. The van der Waals surface area contributed by atoms with Gasteiger partial charge in [-0.2, -0.15) is 0 Å². The number of aromatic nitrogens is 2. The van der Waals surface area contributed by atoms with Gasteiger partial charge in [0.25, 0.3) is 5.56 Å². The maximum Gasteiger partial charge on any atom is 0.325 e. The molecule has 0 spiro atoms. The summed E-state index contributed by atoms with van der Waals surface area (Å²) in [6.07, 6.45) is 0.973. The summed E-state index contributed by atoms with van der Waals surface area (Å²) in [4.78, 5) is 26.4. The molecule has 0 bridgehead atoms. The Morgan fingerprint density at radius 1 is 1.46 bits per heavy atom. The van der Waals surface area contributed by atoms with Crippen molar-refractivity contribution in [3.05, 3.63) is 32.6 Å². The molecule has 1 aromatic heterocycles. The monoisotopic (exact) mass is 184 g/mol. The lowest BCUT2D eigenvalue weighted by molar-refractivity contribution is 0.0461. The normalized spacial score (nSPS) is 22.0. The summed E-state index contributed by atoms with van der Waals surface area (Å²) in [5.41, 5.74) is -0.566. The first-order valence-corrected chi connectivity index (χ1v) is 3.78. The molecular weight excluding hydrogens is 176 g/mol. The molecule has 6 nitrogen and oxygen atoms in total. The summed E-state index contributed by atoms with van der Waals surface area (Å²) in [5.74, 6) is 0. The predicted molar refractivity (Wildman–Crippen MR) is 42.3 cm³/mol. The van der Waals surface area contributed by atoms with Crippen molar-refractivity contribution in [3.8, 4) is 0 Å². The molecule has 0 aromatic carbocycles. The van der Waals surface area contributed by atoms with Crippen LogP contribution in [0.2, 0.25) is 0 Å². The van der Waals surface area contributed by atoms with Crippen LogP contribution < -0.4 is 11.2 Å². The van der Waals surface area contributed by atoms with Crippen LogP contribution in [0.1, 0.15) is 11.7 Å². The van der Waals surface area contributed by atoms with Crippen LogP contribution in [-0.4, -0.2) is 23.4 Å². The molecule has 13 heavy (non-hydrogen) atoms. The number of nitrogens with one attached hydrogen (secondary N) is 2. The summed E-state index contributed by atoms with van der Waals surface area (Å²) < 4.78 is 10.0. The van der Waals surface area contributed by atoms with Gasteiger partial charge in [-0.3, -0.25) is 9.78 Å². The zero-order valence-electron chi connectivity index (χ0n) is 6.70. The van der Waals surface area contributed by atoms with Crippen molar-refractivity contribution in [1.82, 2.24) is 9.97 Å². The standard InChI is InChI=1S/C7H8N2O4/c10-6-4(1-8-7(11)9-6)5-2-12-3-13-5/h1,5H,2-3H2,(H2,8,9,10,11). The first-order chi connectivity index (χ1) is 6.27. The van der Waals surface area contributed by atoms with Crippen LogP contribution in [0.5, 0.6) is 0 Å². The Balaban J connectivity index is 2.40. The number of hydrogen-bond donors (Lipinski definition) is 2. The fraction of sp³-hybridized carbons (Fsp3) is 0.429. The summed E-state index contributed by atoms with van der Waals surface area (Å²) in [7, 11) is 0. The van der Waals surface area contributed by atoms with Crippen LogP contribution in [0, 0.1) is 0 Å². The average Bonchev–Trinajstić information content (AvgIpc) is 2.56. The van der Waals surface area contributed by atoms with E-state index in [9.17, 15) is 9.59 Å². The summed E-state index contributed by atoms with van der Waals surface area (Å²) >= 11 is 0. The van der Waals surface area contributed by atoms with Crippen molar-refractivity contribution in [2.24, 2.45) is 0 Å². The number of rotatable bonds is 1. The Morgan fingerprint density at radius 3 is 2.92 bits per heavy atom. The van der Waals surface area contributed by atoms with Crippen molar-refractivity contribution in [2.45, 2.75) is 6.10 Å². The molecule has 2 N–H and O–H groups in total. The lowest BCUT2D eigenvalue weighted by Crippen LogP contribution is -2.26. The molecule has 6 heteroatoms. The highest BCUT2D eigenvalue weighted by Gasteiger charge is 2.21. The van der Waals surface area contributed by atoms with Gasteiger partial charge in [0.1, 0.15) is 12.9 Å². The van der Waals surface area contributed by atoms with E-state index < -0.39 is 11.2 Å². The minimum Gasteiger partial charge on any atom is -0.352 e. The highest BCUT2D eigenvalue weighted by molar-refractivity contribution is 5.08. The third-order valence-corrected chi connectivity index (χ3v) is 1.82. The minimum atomic E-state index is -0.521. The van der Waals surface area contributed by atoms with E-state index >= 15 is 0 Å². The molecule has 0 aliphatic carbocycles. The van der Waals surface area contributed by atoms with Gasteiger partial charge in [-0.15, -0.1) is 0 Å². The Morgan fingerprint density at radius 2 is 2.31 bits per heavy atom. The van der Waals surface area contributed by atoms with Crippen molar-refractivity contribution >= 4 is 0 Å². The van der Waals surface area contributed by atoms with Crippen LogP contribution in [0.4, 0.5) is 0 Å². The van der Waals surface area contributed by atoms with Crippen molar-refractivity contribution in [3.63, 3.8) is 0 Å². The smallest absolute Gasteiger partial charge is 0.325 e. The fourth-order valence-corrected chi connectivity index (χ4v) is 1.17. The maximum atomic E-state index is 11.2. The van der Waals surface area contributed by atoms with Crippen LogP contribution in [0.15, 0.2) is 15.8 Å². The van der Waals surface area contributed by atoms with Crippen LogP contribution in [-0.2, 0) is 9.47 Å². The van der Waals surface area contributed by atoms with E-state index in [4.69, 9.17) is 9.47 Å². The highest BCUT2D eigenvalue weighted by atomic mass is 16.7. The first kappa shape index (κ1) is 8.21. The molecule has 0 amide bonds. The minimum absolute atomic E-state index is 0.184. The van der Waals surface area contributed by atoms with Crippen molar-refractivity contribution in [1.29, 1.82) is 0 Å². The van der Waals surface area contributed by atoms with E-state index in [1.54, 1.807) is 0 Å². The predicted octanol–water partition coefficient (Wildman–Crippen LogP) is -0.891. The molecule has 1 aliphatic heterocycles. The SMILES string of the molecule is O=c1[nH]cc(C2COCO2)c(=O)[nH]1. The Kier molecular flexibility index (Phi) is 1.99. The van der Waals surface area contributed by atoms with Gasteiger partial charge in [-0.25, -0.2) is 4.79 Å². The third-order valence-electron chi connectivity index (χ3n) is 1.82. The van der Waals surface area contributed by atoms with Gasteiger partial charge in [0.15, 0.2) is 0 Å². The van der Waals surface area contributed by atoms with Crippen LogP contribution in [0.25, 0.3) is 0 Å². The third kappa shape index (κ3) is 1.53. The first-order valence-electron chi connectivity index (χ1n) is 3.78. The van der Waals surface area contributed by atoms with Gasteiger partial charge in [0, 0.05) is 6.20 Å². The molecule has 1 atom stereocenters. The van der Waals surface area contributed by atoms with Crippen LogP contribution >= 0.6 is 0 Å². The second-order valence-corrected chi connectivity index (χ2v) is 2.67. The zero-order valence-corrected chi connectivity index (χ0v) is 6.70. The molecule has 1 unspecified atom stereocenters. The second-order valence-electron chi connectivity index (χ2n) is 2.67. The van der Waals surface area contributed by atoms with Crippen LogP contribution in [0.3, 0.4) is 0 Å². The summed E-state index contributed by atoms with van der Waals surface area (Å²) in [5, 5.41) is 0. The quantitative estimate of drug-likeness (QED) is 0.593. The van der Waals surface area contributed by atoms with E-state index in [1.165, 1.54) is 6.20 Å². The lowest BCUT2D eigenvalue weighted by atomic mass is 10.2. The molecule has 2 rings (SSSR count). The molecule has 2 heterocycles. The number of ether oxygens (including phenoxy) is 2. The Hall–Kier alpha value is -1.40. The van der Waals surface area contributed by atoms with Gasteiger partial charge in [-0.05, 0) is 0 Å². The molecule has 0 radical (unpaired) electrons. The molecular formula is C7H8N2O4. The van der Waals surface area contributed by atoms with E-state index in [-0.39, 0.29) is 12.9 Å². The molecule has 1 aliphatic rings. The van der Waals surface area contributed by atoms with Gasteiger partial charge < -0.3 is 14.5 Å². The molecule has 1 fully saturated rings. The van der Waals surface area contributed by atoms with Crippen molar-refractivity contribution in [2.75, 3.05) is 13.4 Å². The van der Waals surface area contributed by atoms with Crippen molar-refractivity contribution < 1.29 is 9.47 Å². The summed E-state index contributed by atoms with van der Waals surface area (Å²) in [6.45, 7) is 0.526. The largest absolute Gasteiger partial charge is 0.352 e. The number of H-pyrrole nitrogens is 2. The maximum absolute atomic E-state index is 11.2.